The highest BCUT2D eigenvalue weighted by molar-refractivity contribution is 6.13. The first-order valence-corrected chi connectivity index (χ1v) is 15.5. The van der Waals surface area contributed by atoms with Crippen molar-refractivity contribution in [3.8, 4) is 16.8 Å². The van der Waals surface area contributed by atoms with E-state index in [2.05, 4.69) is 114 Å². The van der Waals surface area contributed by atoms with Gasteiger partial charge in [0.15, 0.2) is 11.7 Å². The van der Waals surface area contributed by atoms with Crippen LogP contribution in [0.3, 0.4) is 0 Å². The lowest BCUT2D eigenvalue weighted by Gasteiger charge is -2.11. The van der Waals surface area contributed by atoms with Gasteiger partial charge in [0.05, 0.1) is 17.4 Å². The van der Waals surface area contributed by atoms with Crippen molar-refractivity contribution in [2.75, 3.05) is 6.54 Å². The van der Waals surface area contributed by atoms with E-state index in [1.807, 2.05) is 50.3 Å². The van der Waals surface area contributed by atoms with Crippen LogP contribution >= 0.6 is 0 Å². The molecule has 0 N–H and O–H groups in total. The summed E-state index contributed by atoms with van der Waals surface area (Å²) < 4.78 is 2.41. The van der Waals surface area contributed by atoms with Gasteiger partial charge in [0, 0.05) is 27.4 Å². The Morgan fingerprint density at radius 3 is 2.33 bits per heavy atom. The molecule has 0 atom stereocenters. The fraction of sp³-hybridized carbons (Fsp3) is 0.146. The molecule has 4 nitrogen and oxygen atoms in total. The van der Waals surface area contributed by atoms with E-state index in [-0.39, 0.29) is 0 Å². The van der Waals surface area contributed by atoms with Gasteiger partial charge in [0.1, 0.15) is 0 Å². The van der Waals surface area contributed by atoms with Gasteiger partial charge in [0.2, 0.25) is 0 Å². The largest absolute Gasteiger partial charge is 0.310 e. The second-order valence-electron chi connectivity index (χ2n) is 11.2. The Morgan fingerprint density at radius 2 is 1.58 bits per heavy atom. The molecule has 0 unspecified atom stereocenters. The molecule has 222 valence electrons. The number of benzene rings is 4. The number of aliphatic imine (C=N–C) groups is 3. The molecule has 0 bridgehead atoms. The van der Waals surface area contributed by atoms with Crippen LogP contribution in [0.2, 0.25) is 0 Å². The third-order valence-electron chi connectivity index (χ3n) is 8.33. The van der Waals surface area contributed by atoms with Gasteiger partial charge in [-0.25, -0.2) is 9.98 Å². The first-order chi connectivity index (χ1) is 22.1. The summed E-state index contributed by atoms with van der Waals surface area (Å²) in [5.41, 5.74) is 9.06. The van der Waals surface area contributed by atoms with Crippen molar-refractivity contribution in [2.45, 2.75) is 33.6 Å². The molecule has 0 spiro atoms. The molecule has 0 aliphatic heterocycles. The monoisotopic (exact) mass is 586 g/mol. The molecule has 4 aromatic carbocycles. The third kappa shape index (κ3) is 6.18. The van der Waals surface area contributed by atoms with E-state index >= 15 is 0 Å². The number of hydrogen-bond donors (Lipinski definition) is 0. The molecule has 45 heavy (non-hydrogen) atoms. The average Bonchev–Trinajstić information content (AvgIpc) is 3.44. The van der Waals surface area contributed by atoms with E-state index in [1.54, 1.807) is 0 Å². The quantitative estimate of drug-likeness (QED) is 0.104. The molecule has 0 radical (unpaired) electrons. The zero-order valence-corrected chi connectivity index (χ0v) is 26.2. The molecular formula is C41H38N4. The fourth-order valence-corrected chi connectivity index (χ4v) is 6.06. The number of allylic oxidation sites excluding steroid dienone is 2. The summed E-state index contributed by atoms with van der Waals surface area (Å²) in [6.07, 6.45) is 10.8. The van der Waals surface area contributed by atoms with Crippen LogP contribution in [0.5, 0.6) is 0 Å². The van der Waals surface area contributed by atoms with Crippen molar-refractivity contribution in [1.29, 1.82) is 0 Å². The molecule has 0 amide bonds. The molecule has 0 saturated heterocycles. The molecule has 6 rings (SSSR count). The van der Waals surface area contributed by atoms with Gasteiger partial charge < -0.3 is 4.57 Å². The minimum atomic E-state index is 0.515. The highest BCUT2D eigenvalue weighted by atomic mass is 15.0. The smallest absolute Gasteiger partial charge is 0.161 e. The van der Waals surface area contributed by atoms with Crippen LogP contribution < -0.4 is 10.6 Å². The van der Waals surface area contributed by atoms with Gasteiger partial charge >= 0.3 is 0 Å². The Hall–Kier alpha value is -5.35. The van der Waals surface area contributed by atoms with Gasteiger partial charge in [-0.05, 0) is 81.3 Å². The molecule has 1 aliphatic rings. The molecule has 4 heteroatoms. The lowest BCUT2D eigenvalue weighted by Crippen LogP contribution is -2.32. The summed E-state index contributed by atoms with van der Waals surface area (Å²) in [4.78, 5) is 14.2. The molecule has 1 heterocycles. The highest BCUT2D eigenvalue weighted by Gasteiger charge is 2.14. The summed E-state index contributed by atoms with van der Waals surface area (Å²) in [6, 6.07) is 36.0. The zero-order chi connectivity index (χ0) is 31.2. The third-order valence-corrected chi connectivity index (χ3v) is 8.33. The Bertz CT molecular complexity index is 2100. The van der Waals surface area contributed by atoms with Crippen LogP contribution in [0.4, 0.5) is 0 Å². The fourth-order valence-electron chi connectivity index (χ4n) is 6.06. The van der Waals surface area contributed by atoms with Crippen molar-refractivity contribution < 1.29 is 0 Å². The van der Waals surface area contributed by atoms with Gasteiger partial charge in [-0.1, -0.05) is 109 Å². The molecule has 5 aromatic rings. The van der Waals surface area contributed by atoms with Crippen molar-refractivity contribution in [3.63, 3.8) is 0 Å². The van der Waals surface area contributed by atoms with Crippen molar-refractivity contribution in [1.82, 2.24) is 4.57 Å². The van der Waals surface area contributed by atoms with Gasteiger partial charge in [-0.15, -0.1) is 0 Å². The minimum Gasteiger partial charge on any atom is -0.310 e. The Morgan fingerprint density at radius 1 is 0.822 bits per heavy atom. The summed E-state index contributed by atoms with van der Waals surface area (Å²) >= 11 is 0. The number of rotatable bonds is 7. The topological polar surface area (TPSA) is 42.0 Å². The first kappa shape index (κ1) is 29.7. The van der Waals surface area contributed by atoms with E-state index in [0.29, 0.717) is 18.2 Å². The summed E-state index contributed by atoms with van der Waals surface area (Å²) in [5, 5.41) is 4.02. The van der Waals surface area contributed by atoms with Gasteiger partial charge in [-0.2, -0.15) is 0 Å². The lowest BCUT2D eigenvalue weighted by atomic mass is 10.0. The van der Waals surface area contributed by atoms with Gasteiger partial charge in [-0.3, -0.25) is 4.99 Å². The first-order valence-electron chi connectivity index (χ1n) is 15.5. The predicted molar refractivity (Wildman–Crippen MR) is 193 cm³/mol. The maximum atomic E-state index is 4.97. The van der Waals surface area contributed by atoms with Crippen LogP contribution in [0, 0.1) is 0 Å². The second-order valence-corrected chi connectivity index (χ2v) is 11.2. The van der Waals surface area contributed by atoms with Crippen LogP contribution in [0.25, 0.3) is 39.4 Å². The molecular weight excluding hydrogens is 548 g/mol. The molecule has 0 fully saturated rings. The van der Waals surface area contributed by atoms with E-state index in [0.717, 1.165) is 46.4 Å². The molecule has 1 aromatic heterocycles. The average molecular weight is 587 g/mol. The second kappa shape index (κ2) is 13.5. The molecule has 1 aliphatic carbocycles. The van der Waals surface area contributed by atoms with Crippen LogP contribution in [-0.4, -0.2) is 29.5 Å². The van der Waals surface area contributed by atoms with E-state index in [9.17, 15) is 0 Å². The number of para-hydroxylation sites is 1. The number of hydrogen-bond acceptors (Lipinski definition) is 1. The Labute approximate surface area is 265 Å². The lowest BCUT2D eigenvalue weighted by molar-refractivity contribution is 1.00. The summed E-state index contributed by atoms with van der Waals surface area (Å²) in [7, 11) is 0. The predicted octanol–water partition coefficient (Wildman–Crippen LogP) is 8.46. The van der Waals surface area contributed by atoms with Crippen LogP contribution in [0.1, 0.15) is 44.7 Å². The molecule has 0 saturated carbocycles. The number of amidine groups is 2. The van der Waals surface area contributed by atoms with Crippen molar-refractivity contribution in [3.05, 3.63) is 149 Å². The Kier molecular flexibility index (Phi) is 8.93. The number of fused-ring (bicyclic) bond motifs is 3. The summed E-state index contributed by atoms with van der Waals surface area (Å²) in [5.74, 6) is 1.17. The van der Waals surface area contributed by atoms with E-state index in [4.69, 9.17) is 9.98 Å². The van der Waals surface area contributed by atoms with Crippen LogP contribution in [-0.2, 0) is 0 Å². The van der Waals surface area contributed by atoms with Gasteiger partial charge in [0.25, 0.3) is 0 Å². The van der Waals surface area contributed by atoms with E-state index < -0.39 is 0 Å². The zero-order valence-electron chi connectivity index (χ0n) is 26.2. The normalized spacial score (nSPS) is 14.1. The highest BCUT2D eigenvalue weighted by Crippen LogP contribution is 2.25. The van der Waals surface area contributed by atoms with Crippen molar-refractivity contribution >= 4 is 40.9 Å². The number of aromatic nitrogens is 1. The minimum absolute atomic E-state index is 0.515. The number of nitrogens with zero attached hydrogens (tertiary/aromatic N) is 4. The standard InChI is InChI=1S/C41H38N4/c1-5-14-30(6-2)28-43-41(44-40(42-4)32-16-8-7-9-17-32)34-19-13-18-33(27-34)31-23-25-35(26-24-31)45-37-21-11-10-20-36(37)39-29(3)15-12-22-38(39)45/h5-11,13-14,16-27H,4,12,15,28H2,1-3H3/b14-5-,30-6+,43-41?,44-40?. The van der Waals surface area contributed by atoms with E-state index in [1.165, 1.54) is 27.0 Å². The van der Waals surface area contributed by atoms with Crippen molar-refractivity contribution in [2.24, 2.45) is 15.0 Å². The van der Waals surface area contributed by atoms with Crippen LogP contribution in [0.15, 0.2) is 142 Å². The summed E-state index contributed by atoms with van der Waals surface area (Å²) in [6.45, 7) is 10.6. The SMILES string of the molecule is C=NC(=NC(=NCC(/C=C\C)=C/C)c1cccc(-c2ccc(-n3c4c(c5ccccc53)=C(C)CCC=4)cc2)c1)c1ccccc1. The maximum Gasteiger partial charge on any atom is 0.161 e. The Balaban J connectivity index is 1.40. The maximum absolute atomic E-state index is 4.97.